The number of hydrogen-bond acceptors (Lipinski definition) is 5. The number of pyridine rings is 3. The van der Waals surface area contributed by atoms with Gasteiger partial charge in [0.05, 0.1) is 34.5 Å². The maximum Gasteiger partial charge on any atom is 0.0709 e. The minimum atomic E-state index is -0.375. The molecule has 0 aliphatic carbocycles. The predicted octanol–water partition coefficient (Wildman–Crippen LogP) is 22.8. The van der Waals surface area contributed by atoms with E-state index in [0.29, 0.717) is 6.42 Å². The second kappa shape index (κ2) is 39.2. The summed E-state index contributed by atoms with van der Waals surface area (Å²) < 4.78 is 0. The van der Waals surface area contributed by atoms with E-state index in [4.69, 9.17) is 25.2 Å². The first-order valence-corrected chi connectivity index (χ1v) is 33.5. The number of aryl methyl sites for hydroxylation is 3. The zero-order valence-corrected chi connectivity index (χ0v) is 59.8. The molecule has 0 spiro atoms. The maximum absolute atomic E-state index is 8.56. The minimum absolute atomic E-state index is 0. The summed E-state index contributed by atoms with van der Waals surface area (Å²) in [6.45, 7) is 10.1. The van der Waals surface area contributed by atoms with Crippen molar-refractivity contribution in [3.8, 4) is 67.2 Å². The van der Waals surface area contributed by atoms with E-state index in [-0.39, 0.29) is 52.4 Å². The molecule has 9 aromatic carbocycles. The Balaban J connectivity index is 0.000000186. The number of benzene rings is 9. The number of fused-ring (bicyclic) bond motifs is 3. The number of rotatable bonds is 23. The fraction of sp³-hybridized carbons (Fsp3) is 0.267. The Morgan fingerprint density at radius 3 is 1.00 bits per heavy atom. The summed E-state index contributed by atoms with van der Waals surface area (Å²) in [5.74, 6) is 0. The molecule has 0 fully saturated rings. The first-order valence-electron chi connectivity index (χ1n) is 33.5. The molecule has 12 rings (SSSR count). The summed E-state index contributed by atoms with van der Waals surface area (Å²) in [7, 11) is 0. The van der Waals surface area contributed by atoms with Crippen LogP contribution in [0.5, 0.6) is 0 Å². The molecule has 5 nitrogen and oxygen atoms in total. The Bertz CT molecular complexity index is 3710. The molecule has 2 unspecified atom stereocenters. The van der Waals surface area contributed by atoms with Crippen molar-refractivity contribution in [2.75, 3.05) is 0 Å². The third-order valence-corrected chi connectivity index (χ3v) is 16.6. The van der Waals surface area contributed by atoms with Crippen LogP contribution in [0.2, 0.25) is 0 Å². The molecule has 482 valence electrons. The SMILES string of the molecule is CC(O)CC(C)O.CCCCCCc1ccc(-c2cc[c-]c(-c3ccc4ccccc4n3)c2)cc1.CCCCCCc1ccc(-c2cc[c-]c(-c3ccc4ccccc4n3)c2)cc1.CCCCCCc1ccc(-c2cccc(-c3ccc4ccccc4n3)c2)cc1.[Ir].[Ir]. The van der Waals surface area contributed by atoms with Gasteiger partial charge < -0.3 is 10.2 Å². The average Bonchev–Trinajstić information content (AvgIpc) is 0.908. The van der Waals surface area contributed by atoms with Crippen LogP contribution in [0.1, 0.15) is 135 Å². The van der Waals surface area contributed by atoms with E-state index in [1.165, 1.54) is 152 Å². The number of aliphatic hydroxyl groups excluding tert-OH is 2. The Labute approximate surface area is 582 Å². The van der Waals surface area contributed by atoms with Gasteiger partial charge in [0.2, 0.25) is 0 Å². The van der Waals surface area contributed by atoms with Gasteiger partial charge in [0.15, 0.2) is 0 Å². The predicted molar refractivity (Wildman–Crippen MR) is 387 cm³/mol. The molecule has 0 aliphatic rings. The van der Waals surface area contributed by atoms with Gasteiger partial charge in [-0.25, -0.2) is 4.98 Å². The molecule has 0 bridgehead atoms. The Morgan fingerprint density at radius 1 is 0.312 bits per heavy atom. The van der Waals surface area contributed by atoms with E-state index in [0.717, 1.165) is 61.1 Å². The standard InChI is InChI=1S/C27H27N.2C27H26N.C5H12O2.2Ir/c3*1-2-3-4-5-9-21-14-16-22(17-15-21)24-11-8-12-25(20-24)27-19-18-23-10-6-7-13-26(23)28-27;1-4(6)3-5(2)7;;/h6-8,10-20H,2-5,9H2,1H3;2*6-8,10-11,13-20H,2-5,9H2,1H3;4-7H,3H2,1-2H3;;/q;2*-1;;;. The number of aromatic nitrogens is 3. The maximum atomic E-state index is 8.56. The van der Waals surface area contributed by atoms with Crippen molar-refractivity contribution in [3.05, 3.63) is 271 Å². The topological polar surface area (TPSA) is 79.1 Å². The van der Waals surface area contributed by atoms with E-state index in [1.807, 2.05) is 42.5 Å². The van der Waals surface area contributed by atoms with Crippen molar-refractivity contribution in [2.24, 2.45) is 0 Å². The Kier molecular flexibility index (Phi) is 30.7. The van der Waals surface area contributed by atoms with Crippen molar-refractivity contribution < 1.29 is 50.4 Å². The number of hydrogen-bond donors (Lipinski definition) is 2. The largest absolute Gasteiger partial charge is 0.393 e. The van der Waals surface area contributed by atoms with E-state index < -0.39 is 0 Å². The molecule has 2 atom stereocenters. The molecule has 7 heteroatoms. The summed E-state index contributed by atoms with van der Waals surface area (Å²) in [6.07, 6.45) is 19.0. The quantitative estimate of drug-likeness (QED) is 0.0493. The van der Waals surface area contributed by atoms with Crippen LogP contribution in [-0.2, 0) is 59.5 Å². The zero-order valence-electron chi connectivity index (χ0n) is 55.0. The molecule has 0 aliphatic heterocycles. The molecule has 0 saturated carbocycles. The van der Waals surface area contributed by atoms with Crippen LogP contribution in [0.25, 0.3) is 99.9 Å². The minimum Gasteiger partial charge on any atom is -0.393 e. The van der Waals surface area contributed by atoms with Gasteiger partial charge >= 0.3 is 0 Å². The van der Waals surface area contributed by atoms with Crippen LogP contribution in [0.15, 0.2) is 243 Å². The molecule has 2 N–H and O–H groups in total. The van der Waals surface area contributed by atoms with Crippen molar-refractivity contribution >= 4 is 32.7 Å². The fourth-order valence-corrected chi connectivity index (χ4v) is 11.5. The van der Waals surface area contributed by atoms with Gasteiger partial charge in [-0.2, -0.15) is 0 Å². The van der Waals surface area contributed by atoms with Crippen LogP contribution in [0.3, 0.4) is 0 Å². The molecule has 3 heterocycles. The Hall–Kier alpha value is -7.57. The van der Waals surface area contributed by atoms with E-state index in [2.05, 4.69) is 233 Å². The summed E-state index contributed by atoms with van der Waals surface area (Å²) in [5, 5.41) is 20.6. The van der Waals surface area contributed by atoms with Gasteiger partial charge in [0.1, 0.15) is 0 Å². The molecule has 0 saturated heterocycles. The van der Waals surface area contributed by atoms with Gasteiger partial charge in [0.25, 0.3) is 0 Å². The van der Waals surface area contributed by atoms with Crippen LogP contribution in [-0.4, -0.2) is 37.4 Å². The third-order valence-electron chi connectivity index (χ3n) is 16.6. The van der Waals surface area contributed by atoms with Crippen molar-refractivity contribution in [1.29, 1.82) is 0 Å². The van der Waals surface area contributed by atoms with Crippen LogP contribution in [0.4, 0.5) is 0 Å². The average molecular weight is 1580 g/mol. The first kappa shape index (κ1) is 72.8. The van der Waals surface area contributed by atoms with Gasteiger partial charge in [-0.1, -0.05) is 254 Å². The first-order chi connectivity index (χ1) is 44.6. The molecule has 0 amide bonds. The molecule has 2 radical (unpaired) electrons. The van der Waals surface area contributed by atoms with Crippen molar-refractivity contribution in [1.82, 2.24) is 15.0 Å². The summed E-state index contributed by atoms with van der Waals surface area (Å²) in [4.78, 5) is 14.5. The van der Waals surface area contributed by atoms with Crippen LogP contribution >= 0.6 is 0 Å². The van der Waals surface area contributed by atoms with Crippen molar-refractivity contribution in [3.63, 3.8) is 0 Å². The summed E-state index contributed by atoms with van der Waals surface area (Å²) in [5.41, 5.74) is 21.0. The summed E-state index contributed by atoms with van der Waals surface area (Å²) in [6, 6.07) is 92.5. The third kappa shape index (κ3) is 22.9. The van der Waals surface area contributed by atoms with E-state index >= 15 is 0 Å². The molecule has 12 aromatic rings. The molecular weight excluding hydrogens is 1490 g/mol. The number of para-hydroxylation sites is 3. The van der Waals surface area contributed by atoms with Gasteiger partial charge in [-0.05, 0) is 150 Å². The number of nitrogens with zero attached hydrogens (tertiary/aromatic N) is 3. The second-order valence-electron chi connectivity index (χ2n) is 24.2. The normalized spacial score (nSPS) is 11.4. The van der Waals surface area contributed by atoms with Gasteiger partial charge in [-0.3, -0.25) is 9.97 Å². The van der Waals surface area contributed by atoms with Gasteiger partial charge in [-0.15, -0.1) is 70.8 Å². The van der Waals surface area contributed by atoms with E-state index in [1.54, 1.807) is 13.8 Å². The van der Waals surface area contributed by atoms with Gasteiger partial charge in [0, 0.05) is 51.2 Å². The van der Waals surface area contributed by atoms with Crippen LogP contribution in [0, 0.1) is 12.1 Å². The van der Waals surface area contributed by atoms with E-state index in [9.17, 15) is 0 Å². The summed E-state index contributed by atoms with van der Waals surface area (Å²) >= 11 is 0. The zero-order chi connectivity index (χ0) is 63.4. The Morgan fingerprint density at radius 2 is 0.645 bits per heavy atom. The smallest absolute Gasteiger partial charge is 0.0709 e. The fourth-order valence-electron chi connectivity index (χ4n) is 11.5. The monoisotopic (exact) mass is 1580 g/mol. The van der Waals surface area contributed by atoms with Crippen molar-refractivity contribution in [2.45, 2.75) is 150 Å². The number of aliphatic hydroxyl groups is 2. The number of unbranched alkanes of at least 4 members (excludes halogenated alkanes) is 9. The van der Waals surface area contributed by atoms with Crippen LogP contribution < -0.4 is 0 Å². The molecular formula is C86H91Ir2N3O2-2. The molecule has 93 heavy (non-hydrogen) atoms. The molecule has 3 aromatic heterocycles. The second-order valence-corrected chi connectivity index (χ2v) is 24.2.